The van der Waals surface area contributed by atoms with Crippen molar-refractivity contribution in [2.24, 2.45) is 16.5 Å². The Hall–Kier alpha value is -2.78. The van der Waals surface area contributed by atoms with Gasteiger partial charge in [-0.3, -0.25) is 9.59 Å². The largest absolute Gasteiger partial charge is 0.370 e. The first-order chi connectivity index (χ1) is 12.3. The van der Waals surface area contributed by atoms with Crippen molar-refractivity contribution in [3.05, 3.63) is 34.8 Å². The molecule has 1 aromatic carbocycles. The van der Waals surface area contributed by atoms with Gasteiger partial charge in [-0.05, 0) is 33.2 Å². The molecule has 0 aliphatic heterocycles. The lowest BCUT2D eigenvalue weighted by Gasteiger charge is -2.10. The summed E-state index contributed by atoms with van der Waals surface area (Å²) in [4.78, 5) is 34.3. The van der Waals surface area contributed by atoms with Crippen LogP contribution in [0.5, 0.6) is 0 Å². The Morgan fingerprint density at radius 1 is 1.31 bits per heavy atom. The Kier molecular flexibility index (Phi) is 6.42. The summed E-state index contributed by atoms with van der Waals surface area (Å²) in [6.45, 7) is 2.40. The highest BCUT2D eigenvalue weighted by molar-refractivity contribution is 7.17. The van der Waals surface area contributed by atoms with E-state index in [2.05, 4.69) is 15.3 Å². The summed E-state index contributed by atoms with van der Waals surface area (Å²) >= 11 is 1.21. The molecule has 2 aromatic rings. The Balaban J connectivity index is 2.19. The molecule has 0 atom stereocenters. The molecular formula is C17H22N6O2S. The quantitative estimate of drug-likeness (QED) is 0.518. The van der Waals surface area contributed by atoms with Crippen LogP contribution in [0.3, 0.4) is 0 Å². The maximum Gasteiger partial charge on any atom is 0.292 e. The van der Waals surface area contributed by atoms with Gasteiger partial charge in [0.15, 0.2) is 5.96 Å². The minimum absolute atomic E-state index is 0.0604. The van der Waals surface area contributed by atoms with E-state index in [9.17, 15) is 9.59 Å². The molecule has 5 N–H and O–H groups in total. The third-order valence-corrected chi connectivity index (χ3v) is 4.60. The molecule has 138 valence electrons. The van der Waals surface area contributed by atoms with Crippen LogP contribution in [0.25, 0.3) is 10.6 Å². The van der Waals surface area contributed by atoms with Gasteiger partial charge in [0.2, 0.25) is 5.91 Å². The fourth-order valence-electron chi connectivity index (χ4n) is 2.16. The molecule has 1 heterocycles. The van der Waals surface area contributed by atoms with Crippen LogP contribution in [0.1, 0.15) is 21.8 Å². The van der Waals surface area contributed by atoms with Gasteiger partial charge in [0, 0.05) is 24.2 Å². The number of aromatic nitrogens is 1. The summed E-state index contributed by atoms with van der Waals surface area (Å²) in [5.74, 6) is -0.860. The number of carbonyl (C=O) groups is 2. The molecule has 8 nitrogen and oxygen atoms in total. The van der Waals surface area contributed by atoms with Crippen molar-refractivity contribution < 1.29 is 9.59 Å². The van der Waals surface area contributed by atoms with Crippen LogP contribution in [0.15, 0.2) is 29.3 Å². The summed E-state index contributed by atoms with van der Waals surface area (Å²) in [7, 11) is 3.83. The van der Waals surface area contributed by atoms with Gasteiger partial charge in [-0.2, -0.15) is 4.99 Å². The number of nitrogens with zero attached hydrogens (tertiary/aromatic N) is 3. The minimum Gasteiger partial charge on any atom is -0.370 e. The van der Waals surface area contributed by atoms with Gasteiger partial charge in [0.1, 0.15) is 9.88 Å². The van der Waals surface area contributed by atoms with Gasteiger partial charge in [-0.25, -0.2) is 4.98 Å². The number of carbonyl (C=O) groups excluding carboxylic acids is 2. The van der Waals surface area contributed by atoms with Gasteiger partial charge in [-0.15, -0.1) is 11.3 Å². The van der Waals surface area contributed by atoms with E-state index >= 15 is 0 Å². The van der Waals surface area contributed by atoms with Crippen LogP contribution in [0.2, 0.25) is 0 Å². The number of rotatable bonds is 6. The number of aliphatic imine (C=N–C) groups is 1. The average molecular weight is 374 g/mol. The fraction of sp³-hybridized carbons (Fsp3) is 0.294. The number of amides is 2. The highest BCUT2D eigenvalue weighted by atomic mass is 32.1. The molecule has 1 aromatic heterocycles. The van der Waals surface area contributed by atoms with E-state index in [0.29, 0.717) is 34.2 Å². The Bertz CT molecular complexity index is 840. The molecule has 9 heteroatoms. The number of nitrogens with one attached hydrogen (secondary N) is 1. The van der Waals surface area contributed by atoms with E-state index in [1.807, 2.05) is 43.3 Å². The van der Waals surface area contributed by atoms with E-state index in [0.717, 1.165) is 5.56 Å². The number of benzene rings is 1. The lowest BCUT2D eigenvalue weighted by molar-refractivity contribution is -0.116. The maximum absolute atomic E-state index is 12.0. The van der Waals surface area contributed by atoms with E-state index < -0.39 is 5.91 Å². The van der Waals surface area contributed by atoms with Crippen LogP contribution in [0, 0.1) is 6.92 Å². The first kappa shape index (κ1) is 19.5. The third-order valence-electron chi connectivity index (χ3n) is 3.40. The van der Waals surface area contributed by atoms with Crippen molar-refractivity contribution in [3.8, 4) is 10.6 Å². The Morgan fingerprint density at radius 3 is 2.69 bits per heavy atom. The standard InChI is InChI=1S/C17H22N6O2S/c1-10-14(15(25)22-17(18)19)26-16(20-10)11-5-4-6-12(9-11)21-13(24)7-8-23(2)3/h4-6,9H,7-8H2,1-3H3,(H,21,24)(H4,18,19,22,25). The second-order valence-electron chi connectivity index (χ2n) is 5.96. The molecule has 0 bridgehead atoms. The molecule has 26 heavy (non-hydrogen) atoms. The van der Waals surface area contributed by atoms with Crippen LogP contribution in [-0.4, -0.2) is 48.3 Å². The van der Waals surface area contributed by atoms with Crippen LogP contribution in [-0.2, 0) is 4.79 Å². The third kappa shape index (κ3) is 5.36. The molecule has 0 fully saturated rings. The Morgan fingerprint density at radius 2 is 2.04 bits per heavy atom. The molecule has 0 spiro atoms. The number of hydrogen-bond donors (Lipinski definition) is 3. The maximum atomic E-state index is 12.0. The zero-order valence-electron chi connectivity index (χ0n) is 14.9. The first-order valence-corrected chi connectivity index (χ1v) is 8.74. The SMILES string of the molecule is Cc1nc(-c2cccc(NC(=O)CCN(C)C)c2)sc1C(=O)N=C(N)N. The van der Waals surface area contributed by atoms with Crippen LogP contribution >= 0.6 is 11.3 Å². The van der Waals surface area contributed by atoms with Crippen LogP contribution < -0.4 is 16.8 Å². The zero-order chi connectivity index (χ0) is 19.3. The predicted molar refractivity (Wildman–Crippen MR) is 104 cm³/mol. The summed E-state index contributed by atoms with van der Waals surface area (Å²) in [6, 6.07) is 7.32. The molecule has 0 aliphatic carbocycles. The van der Waals surface area contributed by atoms with Gasteiger partial charge in [0.25, 0.3) is 5.91 Å². The zero-order valence-corrected chi connectivity index (χ0v) is 15.8. The second-order valence-corrected chi connectivity index (χ2v) is 6.96. The smallest absolute Gasteiger partial charge is 0.292 e. The number of aryl methyl sites for hydroxylation is 1. The minimum atomic E-state index is -0.514. The molecule has 2 amide bonds. The fourth-order valence-corrected chi connectivity index (χ4v) is 3.11. The van der Waals surface area contributed by atoms with E-state index in [1.165, 1.54) is 11.3 Å². The normalized spacial score (nSPS) is 10.6. The summed E-state index contributed by atoms with van der Waals surface area (Å²) in [5, 5.41) is 3.52. The predicted octanol–water partition coefficient (Wildman–Crippen LogP) is 1.42. The van der Waals surface area contributed by atoms with Gasteiger partial charge >= 0.3 is 0 Å². The van der Waals surface area contributed by atoms with E-state index in [4.69, 9.17) is 11.5 Å². The molecule has 0 unspecified atom stereocenters. The topological polar surface area (TPSA) is 127 Å². The van der Waals surface area contributed by atoms with Crippen molar-refractivity contribution in [1.29, 1.82) is 0 Å². The number of thiazole rings is 1. The van der Waals surface area contributed by atoms with Crippen molar-refractivity contribution >= 4 is 34.8 Å². The summed E-state index contributed by atoms with van der Waals surface area (Å²) in [6.07, 6.45) is 0.407. The van der Waals surface area contributed by atoms with E-state index in [1.54, 1.807) is 6.92 Å². The Labute approximate surface area is 155 Å². The van der Waals surface area contributed by atoms with Crippen LogP contribution in [0.4, 0.5) is 5.69 Å². The van der Waals surface area contributed by atoms with E-state index in [-0.39, 0.29) is 11.9 Å². The van der Waals surface area contributed by atoms with Crippen molar-refractivity contribution in [1.82, 2.24) is 9.88 Å². The molecule has 2 rings (SSSR count). The number of anilines is 1. The number of hydrogen-bond acceptors (Lipinski definition) is 5. The second kappa shape index (κ2) is 8.54. The first-order valence-electron chi connectivity index (χ1n) is 7.92. The van der Waals surface area contributed by atoms with Crippen molar-refractivity contribution in [3.63, 3.8) is 0 Å². The molecule has 0 radical (unpaired) electrons. The van der Waals surface area contributed by atoms with Gasteiger partial charge < -0.3 is 21.7 Å². The highest BCUT2D eigenvalue weighted by Gasteiger charge is 2.16. The number of guanidine groups is 1. The molecule has 0 saturated heterocycles. The molecular weight excluding hydrogens is 352 g/mol. The molecule has 0 saturated carbocycles. The highest BCUT2D eigenvalue weighted by Crippen LogP contribution is 2.30. The molecule has 0 aliphatic rings. The van der Waals surface area contributed by atoms with Crippen molar-refractivity contribution in [2.45, 2.75) is 13.3 Å². The monoisotopic (exact) mass is 374 g/mol. The lowest BCUT2D eigenvalue weighted by atomic mass is 10.2. The summed E-state index contributed by atoms with van der Waals surface area (Å²) in [5.41, 5.74) is 12.5. The van der Waals surface area contributed by atoms with Gasteiger partial charge in [-0.1, -0.05) is 12.1 Å². The lowest BCUT2D eigenvalue weighted by Crippen LogP contribution is -2.24. The summed E-state index contributed by atoms with van der Waals surface area (Å²) < 4.78 is 0. The average Bonchev–Trinajstić information content (AvgIpc) is 2.94. The van der Waals surface area contributed by atoms with Crippen molar-refractivity contribution in [2.75, 3.05) is 26.0 Å². The number of nitrogens with two attached hydrogens (primary N) is 2. The van der Waals surface area contributed by atoms with Gasteiger partial charge in [0.05, 0.1) is 5.69 Å².